The Morgan fingerprint density at radius 3 is 2.33 bits per heavy atom. The van der Waals surface area contributed by atoms with Crippen molar-refractivity contribution in [3.63, 3.8) is 0 Å². The topological polar surface area (TPSA) is 40.5 Å². The molecule has 3 rings (SSSR count). The third kappa shape index (κ3) is 2.59. The van der Waals surface area contributed by atoms with Gasteiger partial charge in [0.15, 0.2) is 0 Å². The summed E-state index contributed by atoms with van der Waals surface area (Å²) in [7, 11) is 0. The largest absolute Gasteiger partial charge is 0.507 e. The summed E-state index contributed by atoms with van der Waals surface area (Å²) in [5.74, 6) is 1.42. The van der Waals surface area contributed by atoms with E-state index in [1.807, 2.05) is 24.3 Å². The van der Waals surface area contributed by atoms with Crippen molar-refractivity contribution in [3.05, 3.63) is 35.4 Å². The zero-order chi connectivity index (χ0) is 14.8. The van der Waals surface area contributed by atoms with Crippen molar-refractivity contribution in [2.45, 2.75) is 51.9 Å². The summed E-state index contributed by atoms with van der Waals surface area (Å²) in [5, 5.41) is 22.7. The van der Waals surface area contributed by atoms with Crippen molar-refractivity contribution in [2.24, 2.45) is 5.92 Å². The predicted molar refractivity (Wildman–Crippen MR) is 86.9 cm³/mol. The number of benzene rings is 2. The molecule has 1 aliphatic rings. The minimum absolute atomic E-state index is 0.380. The maximum Gasteiger partial charge on any atom is 0.127 e. The van der Waals surface area contributed by atoms with Gasteiger partial charge in [-0.1, -0.05) is 56.9 Å². The molecule has 1 unspecified atom stereocenters. The number of hydrogen-bond acceptors (Lipinski definition) is 2. The van der Waals surface area contributed by atoms with Crippen LogP contribution in [0.25, 0.3) is 10.8 Å². The van der Waals surface area contributed by atoms with Crippen LogP contribution in [-0.2, 0) is 12.8 Å². The summed E-state index contributed by atoms with van der Waals surface area (Å²) >= 11 is 0. The highest BCUT2D eigenvalue weighted by molar-refractivity contribution is 5.95. The highest BCUT2D eigenvalue weighted by atomic mass is 16.3. The lowest BCUT2D eigenvalue weighted by Gasteiger charge is -2.27. The zero-order valence-electron chi connectivity index (χ0n) is 12.7. The van der Waals surface area contributed by atoms with Gasteiger partial charge >= 0.3 is 0 Å². The van der Waals surface area contributed by atoms with Gasteiger partial charge in [-0.3, -0.25) is 0 Å². The molecule has 21 heavy (non-hydrogen) atoms. The highest BCUT2D eigenvalue weighted by Gasteiger charge is 2.25. The molecule has 2 nitrogen and oxygen atoms in total. The summed E-state index contributed by atoms with van der Waals surface area (Å²) in [5.41, 5.74) is 1.96. The second-order valence-corrected chi connectivity index (χ2v) is 6.30. The minimum atomic E-state index is 0.380. The van der Waals surface area contributed by atoms with Crippen molar-refractivity contribution < 1.29 is 10.2 Å². The standard InChI is InChI=1S/C19H24O2/c1-2-3-4-7-13-10-11-16-17(12-13)19(21)15-9-6-5-8-14(15)18(16)20/h5-6,8-9,13,20-21H,2-4,7,10-12H2,1H3. The third-order valence-electron chi connectivity index (χ3n) is 4.88. The molecule has 2 aromatic carbocycles. The van der Waals surface area contributed by atoms with Crippen LogP contribution < -0.4 is 0 Å². The number of fused-ring (bicyclic) bond motifs is 2. The fourth-order valence-electron chi connectivity index (χ4n) is 3.66. The quantitative estimate of drug-likeness (QED) is 0.617. The molecule has 0 bridgehead atoms. The molecule has 0 radical (unpaired) electrons. The van der Waals surface area contributed by atoms with Crippen LogP contribution in [-0.4, -0.2) is 10.2 Å². The van der Waals surface area contributed by atoms with Gasteiger partial charge in [0.2, 0.25) is 0 Å². The summed E-state index contributed by atoms with van der Waals surface area (Å²) < 4.78 is 0. The molecular weight excluding hydrogens is 260 g/mol. The van der Waals surface area contributed by atoms with Gasteiger partial charge in [0, 0.05) is 21.9 Å². The Labute approximate surface area is 126 Å². The molecule has 0 heterocycles. The molecule has 0 spiro atoms. The maximum absolute atomic E-state index is 10.6. The van der Waals surface area contributed by atoms with Crippen LogP contribution in [0, 0.1) is 5.92 Å². The van der Waals surface area contributed by atoms with E-state index in [4.69, 9.17) is 0 Å². The van der Waals surface area contributed by atoms with E-state index in [0.29, 0.717) is 17.4 Å². The molecule has 2 heteroatoms. The first-order chi connectivity index (χ1) is 10.2. The van der Waals surface area contributed by atoms with Gasteiger partial charge < -0.3 is 10.2 Å². The van der Waals surface area contributed by atoms with Gasteiger partial charge in [0.25, 0.3) is 0 Å². The van der Waals surface area contributed by atoms with Crippen LogP contribution in [0.3, 0.4) is 0 Å². The Bertz CT molecular complexity index is 646. The fourth-order valence-corrected chi connectivity index (χ4v) is 3.66. The third-order valence-corrected chi connectivity index (χ3v) is 4.88. The smallest absolute Gasteiger partial charge is 0.127 e. The molecule has 2 aromatic rings. The summed E-state index contributed by atoms with van der Waals surface area (Å²) in [4.78, 5) is 0. The van der Waals surface area contributed by atoms with Crippen molar-refractivity contribution in [3.8, 4) is 11.5 Å². The number of rotatable bonds is 4. The Kier molecular flexibility index (Phi) is 4.05. The van der Waals surface area contributed by atoms with Gasteiger partial charge in [0.05, 0.1) is 0 Å². The van der Waals surface area contributed by atoms with Crippen molar-refractivity contribution in [1.29, 1.82) is 0 Å². The van der Waals surface area contributed by atoms with Crippen molar-refractivity contribution in [2.75, 3.05) is 0 Å². The first-order valence-electron chi connectivity index (χ1n) is 8.16. The molecule has 0 saturated carbocycles. The second-order valence-electron chi connectivity index (χ2n) is 6.30. The lowest BCUT2D eigenvalue weighted by atomic mass is 9.79. The molecule has 2 N–H and O–H groups in total. The van der Waals surface area contributed by atoms with E-state index in [1.165, 1.54) is 25.7 Å². The van der Waals surface area contributed by atoms with Gasteiger partial charge in [-0.05, 0) is 25.2 Å². The van der Waals surface area contributed by atoms with Gasteiger partial charge in [0.1, 0.15) is 11.5 Å². The number of unbranched alkanes of at least 4 members (excludes halogenated alkanes) is 2. The Morgan fingerprint density at radius 1 is 1.00 bits per heavy atom. The Hall–Kier alpha value is -1.70. The molecule has 112 valence electrons. The summed E-state index contributed by atoms with van der Waals surface area (Å²) in [6.07, 6.45) is 7.97. The van der Waals surface area contributed by atoms with E-state index < -0.39 is 0 Å². The van der Waals surface area contributed by atoms with Crippen LogP contribution >= 0.6 is 0 Å². The zero-order valence-corrected chi connectivity index (χ0v) is 12.7. The van der Waals surface area contributed by atoms with Crippen LogP contribution in [0.15, 0.2) is 24.3 Å². The van der Waals surface area contributed by atoms with Crippen LogP contribution in [0.4, 0.5) is 0 Å². The van der Waals surface area contributed by atoms with Gasteiger partial charge in [-0.2, -0.15) is 0 Å². The Balaban J connectivity index is 1.94. The molecule has 0 saturated heterocycles. The number of aromatic hydroxyl groups is 2. The number of phenolic OH excluding ortho intramolecular Hbond substituents is 2. The van der Waals surface area contributed by atoms with Gasteiger partial charge in [-0.15, -0.1) is 0 Å². The maximum atomic E-state index is 10.6. The number of hydrogen-bond donors (Lipinski definition) is 2. The molecule has 0 amide bonds. The van der Waals surface area contributed by atoms with Gasteiger partial charge in [-0.25, -0.2) is 0 Å². The Morgan fingerprint density at radius 2 is 1.67 bits per heavy atom. The first-order valence-corrected chi connectivity index (χ1v) is 8.16. The SMILES string of the molecule is CCCCCC1CCc2c(c(O)c3ccccc3c2O)C1. The molecule has 0 fully saturated rings. The van der Waals surface area contributed by atoms with E-state index in [2.05, 4.69) is 6.92 Å². The fraction of sp³-hybridized carbons (Fsp3) is 0.474. The van der Waals surface area contributed by atoms with Crippen LogP contribution in [0.5, 0.6) is 11.5 Å². The lowest BCUT2D eigenvalue weighted by molar-refractivity contribution is 0.383. The van der Waals surface area contributed by atoms with Crippen molar-refractivity contribution in [1.82, 2.24) is 0 Å². The molecular formula is C19H24O2. The van der Waals surface area contributed by atoms with E-state index in [-0.39, 0.29) is 0 Å². The molecule has 1 atom stereocenters. The minimum Gasteiger partial charge on any atom is -0.507 e. The molecule has 0 aliphatic heterocycles. The summed E-state index contributed by atoms with van der Waals surface area (Å²) in [6.45, 7) is 2.23. The average molecular weight is 284 g/mol. The molecule has 1 aliphatic carbocycles. The van der Waals surface area contributed by atoms with Crippen molar-refractivity contribution >= 4 is 10.8 Å². The molecule has 0 aromatic heterocycles. The summed E-state index contributed by atoms with van der Waals surface area (Å²) in [6, 6.07) is 7.60. The average Bonchev–Trinajstić information content (AvgIpc) is 2.53. The number of phenols is 2. The lowest BCUT2D eigenvalue weighted by Crippen LogP contribution is -2.15. The van der Waals surface area contributed by atoms with E-state index in [9.17, 15) is 10.2 Å². The highest BCUT2D eigenvalue weighted by Crippen LogP contribution is 2.44. The van der Waals surface area contributed by atoms with E-state index in [1.54, 1.807) is 0 Å². The van der Waals surface area contributed by atoms with E-state index in [0.717, 1.165) is 41.2 Å². The predicted octanol–water partition coefficient (Wildman–Crippen LogP) is 4.94. The van der Waals surface area contributed by atoms with E-state index >= 15 is 0 Å². The monoisotopic (exact) mass is 284 g/mol. The normalized spacial score (nSPS) is 17.9. The second kappa shape index (κ2) is 5.97. The first kappa shape index (κ1) is 14.2. The van der Waals surface area contributed by atoms with Crippen LogP contribution in [0.1, 0.15) is 50.2 Å². The van der Waals surface area contributed by atoms with Crippen LogP contribution in [0.2, 0.25) is 0 Å².